The van der Waals surface area contributed by atoms with Gasteiger partial charge in [0.05, 0.1) is 18.1 Å². The number of carboxylic acid groups (broad SMARTS) is 1. The Kier molecular flexibility index (Phi) is 8.59. The number of carbonyl (C=O) groups is 2. The lowest BCUT2D eigenvalue weighted by Gasteiger charge is -2.28. The van der Waals surface area contributed by atoms with Gasteiger partial charge in [-0.05, 0) is 62.2 Å². The van der Waals surface area contributed by atoms with Gasteiger partial charge in [-0.15, -0.1) is 0 Å². The van der Waals surface area contributed by atoms with Gasteiger partial charge in [-0.3, -0.25) is 9.59 Å². The van der Waals surface area contributed by atoms with E-state index >= 15 is 0 Å². The number of nitrogens with one attached hydrogen (secondary N) is 1. The number of aromatic nitrogens is 2. The summed E-state index contributed by atoms with van der Waals surface area (Å²) >= 11 is 0. The van der Waals surface area contributed by atoms with E-state index in [1.807, 2.05) is 13.8 Å². The smallest absolute Gasteiger partial charge is 0.306 e. The fourth-order valence-electron chi connectivity index (χ4n) is 5.87. The van der Waals surface area contributed by atoms with Crippen molar-refractivity contribution in [3.63, 3.8) is 0 Å². The van der Waals surface area contributed by atoms with E-state index in [-0.39, 0.29) is 5.92 Å². The van der Waals surface area contributed by atoms with Crippen molar-refractivity contribution in [2.45, 2.75) is 72.0 Å². The fourth-order valence-corrected chi connectivity index (χ4v) is 5.87. The summed E-state index contributed by atoms with van der Waals surface area (Å²) in [6.07, 6.45) is 10.1. The Morgan fingerprint density at radius 1 is 1.11 bits per heavy atom. The summed E-state index contributed by atoms with van der Waals surface area (Å²) in [4.78, 5) is 40.3. The Hall–Kier alpha value is -2.26. The first kappa shape index (κ1) is 25.8. The van der Waals surface area contributed by atoms with Crippen LogP contribution in [0.4, 0.5) is 5.95 Å². The zero-order chi connectivity index (χ0) is 24.9. The van der Waals surface area contributed by atoms with Crippen LogP contribution < -0.4 is 10.4 Å². The van der Waals surface area contributed by atoms with E-state index in [0.717, 1.165) is 38.8 Å². The minimum absolute atomic E-state index is 0.177. The van der Waals surface area contributed by atoms with Crippen molar-refractivity contribution in [1.82, 2.24) is 15.4 Å². The molecule has 2 heterocycles. The Morgan fingerprint density at radius 2 is 1.77 bits per heavy atom. The van der Waals surface area contributed by atoms with Crippen LogP contribution in [-0.4, -0.2) is 52.9 Å². The maximum atomic E-state index is 12.3. The van der Waals surface area contributed by atoms with E-state index in [2.05, 4.69) is 20.3 Å². The first-order valence-electron chi connectivity index (χ1n) is 13.2. The second-order valence-electron chi connectivity index (χ2n) is 10.9. The fraction of sp³-hybridized carbons (Fsp3) is 0.769. The summed E-state index contributed by atoms with van der Waals surface area (Å²) in [6, 6.07) is 0. The Labute approximate surface area is 207 Å². The van der Waals surface area contributed by atoms with E-state index in [9.17, 15) is 14.7 Å². The topological polar surface area (TPSA) is 114 Å². The lowest BCUT2D eigenvalue weighted by molar-refractivity contribution is -0.163. The lowest BCUT2D eigenvalue weighted by Crippen LogP contribution is -2.31. The number of rotatable bonds is 12. The zero-order valence-corrected chi connectivity index (χ0v) is 21.2. The molecule has 0 radical (unpaired) electrons. The van der Waals surface area contributed by atoms with Crippen LogP contribution in [0.5, 0.6) is 0 Å². The van der Waals surface area contributed by atoms with Crippen LogP contribution in [0.2, 0.25) is 0 Å². The second kappa shape index (κ2) is 11.6. The molecule has 35 heavy (non-hydrogen) atoms. The number of carboxylic acids is 1. The van der Waals surface area contributed by atoms with Crippen molar-refractivity contribution in [1.29, 1.82) is 0 Å². The largest absolute Gasteiger partial charge is 0.481 e. The zero-order valence-electron chi connectivity index (χ0n) is 21.2. The molecule has 1 saturated heterocycles. The molecule has 194 valence electrons. The van der Waals surface area contributed by atoms with Crippen molar-refractivity contribution in [2.24, 2.45) is 35.5 Å². The van der Waals surface area contributed by atoms with Gasteiger partial charge in [0.15, 0.2) is 6.29 Å². The Balaban J connectivity index is 1.19. The second-order valence-corrected chi connectivity index (χ2v) is 10.9. The first-order chi connectivity index (χ1) is 16.8. The minimum Gasteiger partial charge on any atom is -0.481 e. The monoisotopic (exact) mass is 488 g/mol. The van der Waals surface area contributed by atoms with Crippen molar-refractivity contribution < 1.29 is 24.3 Å². The molecular formula is C26H40N4O5. The first-order valence-corrected chi connectivity index (χ1v) is 13.2. The third-order valence-corrected chi connectivity index (χ3v) is 7.88. The number of hydrogen-bond donors (Lipinski definition) is 2. The molecule has 3 aliphatic rings. The molecule has 4 atom stereocenters. The summed E-state index contributed by atoms with van der Waals surface area (Å²) in [5.74, 6) is 2.01. The third-order valence-electron chi connectivity index (χ3n) is 7.88. The summed E-state index contributed by atoms with van der Waals surface area (Å²) < 4.78 is 5.47. The summed E-state index contributed by atoms with van der Waals surface area (Å²) in [6.45, 7) is 8.16. The Bertz CT molecular complexity index is 846. The SMILES string of the molecule is CC(C)COC(C)ONC(=O)c1cnc(N2CC3C(CC[C@H](C(=O)O)C4CCCCC4)C3C2)nc1. The van der Waals surface area contributed by atoms with Crippen LogP contribution in [0.15, 0.2) is 12.4 Å². The predicted octanol–water partition coefficient (Wildman–Crippen LogP) is 3.90. The number of anilines is 1. The molecule has 1 aliphatic heterocycles. The highest BCUT2D eigenvalue weighted by Gasteiger charge is 2.55. The molecule has 2 N–H and O–H groups in total. The number of hydrogen-bond acceptors (Lipinski definition) is 7. The summed E-state index contributed by atoms with van der Waals surface area (Å²) in [5, 5.41) is 9.75. The van der Waals surface area contributed by atoms with Crippen LogP contribution in [0.1, 0.15) is 76.1 Å². The molecule has 2 aliphatic carbocycles. The lowest BCUT2D eigenvalue weighted by atomic mass is 9.77. The molecule has 2 saturated carbocycles. The molecule has 1 amide bonds. The van der Waals surface area contributed by atoms with Crippen molar-refractivity contribution in [2.75, 3.05) is 24.6 Å². The molecular weight excluding hydrogens is 448 g/mol. The molecule has 1 aromatic rings. The number of hydroxylamine groups is 1. The van der Waals surface area contributed by atoms with E-state index in [1.54, 1.807) is 6.92 Å². The molecule has 3 unspecified atom stereocenters. The number of amides is 1. The van der Waals surface area contributed by atoms with Gasteiger partial charge >= 0.3 is 5.97 Å². The number of fused-ring (bicyclic) bond motifs is 1. The quantitative estimate of drug-likeness (QED) is 0.336. The average molecular weight is 489 g/mol. The molecule has 4 rings (SSSR count). The minimum atomic E-state index is -0.607. The standard InChI is InChI=1S/C26H40N4O5/c1-16(2)15-34-17(3)35-29-24(31)19-11-27-26(28-12-19)30-13-22-21(23(22)14-30)10-9-20(25(32)33)18-7-5-4-6-8-18/h11-12,16-18,20-23H,4-10,13-15H2,1-3H3,(H,29,31)(H,32,33)/t17?,20-,21?,22?,23?/m0/s1. The number of nitrogens with zero attached hydrogens (tertiary/aromatic N) is 3. The molecule has 0 aromatic carbocycles. The maximum absolute atomic E-state index is 12.3. The number of piperidine rings is 1. The highest BCUT2D eigenvalue weighted by Crippen LogP contribution is 2.55. The van der Waals surface area contributed by atoms with Gasteiger partial charge in [-0.2, -0.15) is 0 Å². The summed E-state index contributed by atoms with van der Waals surface area (Å²) in [7, 11) is 0. The molecule has 3 fully saturated rings. The van der Waals surface area contributed by atoms with Crippen LogP contribution in [0.25, 0.3) is 0 Å². The highest BCUT2D eigenvalue weighted by atomic mass is 16.8. The van der Waals surface area contributed by atoms with Gasteiger partial charge < -0.3 is 14.7 Å². The van der Waals surface area contributed by atoms with E-state index < -0.39 is 18.2 Å². The molecule has 9 heteroatoms. The van der Waals surface area contributed by atoms with E-state index in [4.69, 9.17) is 9.57 Å². The van der Waals surface area contributed by atoms with Gasteiger partial charge in [-0.25, -0.2) is 20.3 Å². The number of carbonyl (C=O) groups excluding carboxylic acids is 1. The number of aliphatic carboxylic acids is 1. The Morgan fingerprint density at radius 3 is 2.37 bits per heavy atom. The van der Waals surface area contributed by atoms with Gasteiger partial charge in [0.2, 0.25) is 5.95 Å². The average Bonchev–Trinajstić information content (AvgIpc) is 3.29. The van der Waals surface area contributed by atoms with Crippen molar-refractivity contribution >= 4 is 17.8 Å². The van der Waals surface area contributed by atoms with E-state index in [1.165, 1.54) is 31.7 Å². The van der Waals surface area contributed by atoms with Crippen molar-refractivity contribution in [3.8, 4) is 0 Å². The normalized spacial score (nSPS) is 25.8. The van der Waals surface area contributed by atoms with Gasteiger partial charge in [0.1, 0.15) is 0 Å². The van der Waals surface area contributed by atoms with Crippen LogP contribution in [0, 0.1) is 35.5 Å². The maximum Gasteiger partial charge on any atom is 0.306 e. The summed E-state index contributed by atoms with van der Waals surface area (Å²) in [5.41, 5.74) is 2.71. The van der Waals surface area contributed by atoms with Crippen LogP contribution >= 0.6 is 0 Å². The molecule has 0 spiro atoms. The van der Waals surface area contributed by atoms with Gasteiger partial charge in [0.25, 0.3) is 5.91 Å². The third kappa shape index (κ3) is 6.70. The van der Waals surface area contributed by atoms with Gasteiger partial charge in [0, 0.05) is 25.5 Å². The van der Waals surface area contributed by atoms with Crippen LogP contribution in [-0.2, 0) is 14.4 Å². The van der Waals surface area contributed by atoms with Gasteiger partial charge in [-0.1, -0.05) is 33.1 Å². The highest BCUT2D eigenvalue weighted by molar-refractivity contribution is 5.92. The number of ether oxygens (including phenoxy) is 1. The molecule has 1 aromatic heterocycles. The van der Waals surface area contributed by atoms with E-state index in [0.29, 0.717) is 47.7 Å². The molecule has 9 nitrogen and oxygen atoms in total. The van der Waals surface area contributed by atoms with Crippen LogP contribution in [0.3, 0.4) is 0 Å². The van der Waals surface area contributed by atoms with Crippen molar-refractivity contribution in [3.05, 3.63) is 18.0 Å². The predicted molar refractivity (Wildman–Crippen MR) is 130 cm³/mol. The molecule has 0 bridgehead atoms.